The summed E-state index contributed by atoms with van der Waals surface area (Å²) in [7, 11) is 1.82. The largest absolute Gasteiger partial charge is 0.484 e. The third kappa shape index (κ3) is 5.19. The second kappa shape index (κ2) is 9.01. The van der Waals surface area contributed by atoms with Crippen LogP contribution in [0.1, 0.15) is 27.0 Å². The predicted octanol–water partition coefficient (Wildman–Crippen LogP) is 4.96. The molecule has 1 fully saturated rings. The molecule has 0 spiro atoms. The molecule has 1 saturated heterocycles. The van der Waals surface area contributed by atoms with Crippen LogP contribution in [-0.4, -0.2) is 36.0 Å². The van der Waals surface area contributed by atoms with Gasteiger partial charge in [0.1, 0.15) is 5.75 Å². The molecule has 0 saturated carbocycles. The van der Waals surface area contributed by atoms with Crippen LogP contribution in [-0.2, 0) is 11.3 Å². The van der Waals surface area contributed by atoms with Gasteiger partial charge in [-0.15, -0.1) is 34.9 Å². The summed E-state index contributed by atoms with van der Waals surface area (Å²) in [5.74, 6) is 3.22. The minimum atomic E-state index is -0.00438. The second-order valence-corrected chi connectivity index (χ2v) is 9.79. The molecule has 6 heteroatoms. The van der Waals surface area contributed by atoms with Crippen molar-refractivity contribution in [2.75, 3.05) is 25.2 Å². The lowest BCUT2D eigenvalue weighted by Gasteiger charge is -2.21. The molecule has 0 atom stereocenters. The third-order valence-corrected chi connectivity index (χ3v) is 8.14. The van der Waals surface area contributed by atoms with Crippen LogP contribution in [0, 0.1) is 6.92 Å². The summed E-state index contributed by atoms with van der Waals surface area (Å²) in [6, 6.07) is 10.3. The first kappa shape index (κ1) is 18.7. The Bertz CT molecular complexity index is 693. The highest BCUT2D eigenvalue weighted by atomic mass is 32.2. The molecule has 1 aromatic heterocycles. The number of benzene rings is 1. The quantitative estimate of drug-likeness (QED) is 0.693. The van der Waals surface area contributed by atoms with Crippen LogP contribution in [0.4, 0.5) is 0 Å². The summed E-state index contributed by atoms with van der Waals surface area (Å²) in [6.45, 7) is 2.79. The minimum Gasteiger partial charge on any atom is -0.484 e. The fourth-order valence-electron chi connectivity index (χ4n) is 2.53. The summed E-state index contributed by atoms with van der Waals surface area (Å²) in [5, 5.41) is 2.06. The van der Waals surface area contributed by atoms with Crippen LogP contribution < -0.4 is 4.74 Å². The molecule has 3 nitrogen and oxygen atoms in total. The lowest BCUT2D eigenvalue weighted by Crippen LogP contribution is -2.30. The van der Waals surface area contributed by atoms with Gasteiger partial charge in [-0.25, -0.2) is 0 Å². The molecular weight excluding hydrogens is 370 g/mol. The highest BCUT2D eigenvalue weighted by molar-refractivity contribution is 8.16. The van der Waals surface area contributed by atoms with Crippen LogP contribution in [0.25, 0.3) is 0 Å². The van der Waals surface area contributed by atoms with E-state index >= 15 is 0 Å². The summed E-state index contributed by atoms with van der Waals surface area (Å²) in [5.41, 5.74) is 2.57. The number of ether oxygens (including phenoxy) is 1. The van der Waals surface area contributed by atoms with Crippen LogP contribution in [0.5, 0.6) is 5.75 Å². The number of thioether (sulfide) groups is 2. The van der Waals surface area contributed by atoms with Gasteiger partial charge in [-0.1, -0.05) is 12.1 Å². The van der Waals surface area contributed by atoms with E-state index in [9.17, 15) is 4.79 Å². The smallest absolute Gasteiger partial charge is 0.260 e. The molecule has 1 aliphatic heterocycles. The molecule has 3 rings (SSSR count). The number of hydrogen-bond acceptors (Lipinski definition) is 5. The van der Waals surface area contributed by atoms with Crippen molar-refractivity contribution >= 4 is 40.8 Å². The van der Waals surface area contributed by atoms with E-state index in [0.29, 0.717) is 11.1 Å². The van der Waals surface area contributed by atoms with Crippen molar-refractivity contribution < 1.29 is 9.53 Å². The Hall–Kier alpha value is -1.11. The number of amides is 1. The van der Waals surface area contributed by atoms with E-state index in [4.69, 9.17) is 4.74 Å². The maximum Gasteiger partial charge on any atom is 0.260 e. The van der Waals surface area contributed by atoms with Gasteiger partial charge in [-0.3, -0.25) is 4.79 Å². The Morgan fingerprint density at radius 3 is 2.56 bits per heavy atom. The van der Waals surface area contributed by atoms with Gasteiger partial charge in [0.05, 0.1) is 11.1 Å². The van der Waals surface area contributed by atoms with Gasteiger partial charge in [-0.05, 0) is 59.6 Å². The number of carbonyl (C=O) groups excluding carboxylic acids is 1. The van der Waals surface area contributed by atoms with Gasteiger partial charge >= 0.3 is 0 Å². The average Bonchev–Trinajstić information content (AvgIpc) is 3.05. The summed E-state index contributed by atoms with van der Waals surface area (Å²) >= 11 is 5.70. The molecule has 0 unspecified atom stereocenters. The van der Waals surface area contributed by atoms with Gasteiger partial charge in [0.2, 0.25) is 0 Å². The standard InChI is InChI=1S/C19H23NO2S3/c1-14-8-11-23-17(14)12-20(2)18(21)13-22-16-6-4-15(5-7-16)19-24-9-3-10-25-19/h4-8,11,19H,3,9-10,12-13H2,1-2H3. The van der Waals surface area contributed by atoms with Gasteiger partial charge < -0.3 is 9.64 Å². The first-order valence-electron chi connectivity index (χ1n) is 8.36. The van der Waals surface area contributed by atoms with Crippen molar-refractivity contribution in [2.45, 2.75) is 24.5 Å². The second-order valence-electron chi connectivity index (χ2n) is 6.06. The molecule has 134 valence electrons. The number of nitrogens with zero attached hydrogens (tertiary/aromatic N) is 1. The molecule has 2 heterocycles. The zero-order valence-electron chi connectivity index (χ0n) is 14.6. The number of carbonyl (C=O) groups is 1. The molecule has 1 aromatic carbocycles. The Morgan fingerprint density at radius 1 is 1.20 bits per heavy atom. The normalized spacial score (nSPS) is 15.1. The molecule has 1 amide bonds. The fraction of sp³-hybridized carbons (Fsp3) is 0.421. The van der Waals surface area contributed by atoms with Crippen molar-refractivity contribution in [3.63, 3.8) is 0 Å². The number of likely N-dealkylation sites (N-methyl/N-ethyl adjacent to an activating group) is 1. The van der Waals surface area contributed by atoms with E-state index in [0.717, 1.165) is 5.75 Å². The Balaban J connectivity index is 1.49. The highest BCUT2D eigenvalue weighted by Gasteiger charge is 2.17. The lowest BCUT2D eigenvalue weighted by molar-refractivity contribution is -0.132. The number of thiophene rings is 1. The topological polar surface area (TPSA) is 29.5 Å². The fourth-order valence-corrected chi connectivity index (χ4v) is 6.38. The van der Waals surface area contributed by atoms with Crippen LogP contribution >= 0.6 is 34.9 Å². The number of rotatable bonds is 6. The van der Waals surface area contributed by atoms with Crippen molar-refractivity contribution in [3.8, 4) is 5.75 Å². The summed E-state index contributed by atoms with van der Waals surface area (Å²) in [4.78, 5) is 15.2. The summed E-state index contributed by atoms with van der Waals surface area (Å²) in [6.07, 6.45) is 1.30. The average molecular weight is 394 g/mol. The molecule has 2 aromatic rings. The first-order chi connectivity index (χ1) is 12.1. The van der Waals surface area contributed by atoms with Gasteiger partial charge in [0.25, 0.3) is 5.91 Å². The van der Waals surface area contributed by atoms with E-state index in [1.165, 1.54) is 33.9 Å². The van der Waals surface area contributed by atoms with E-state index < -0.39 is 0 Å². The van der Waals surface area contributed by atoms with Crippen LogP contribution in [0.2, 0.25) is 0 Å². The zero-order valence-corrected chi connectivity index (χ0v) is 17.0. The maximum atomic E-state index is 12.3. The van der Waals surface area contributed by atoms with E-state index in [1.807, 2.05) is 42.7 Å². The molecule has 25 heavy (non-hydrogen) atoms. The van der Waals surface area contributed by atoms with Crippen molar-refractivity contribution in [2.24, 2.45) is 0 Å². The van der Waals surface area contributed by atoms with Crippen LogP contribution in [0.3, 0.4) is 0 Å². The maximum absolute atomic E-state index is 12.3. The Labute approximate surface area is 162 Å². The lowest BCUT2D eigenvalue weighted by atomic mass is 10.2. The molecule has 1 aliphatic rings. The van der Waals surface area contributed by atoms with Crippen molar-refractivity contribution in [1.29, 1.82) is 0 Å². The van der Waals surface area contributed by atoms with Gasteiger partial charge in [0, 0.05) is 11.9 Å². The zero-order chi connectivity index (χ0) is 17.6. The van der Waals surface area contributed by atoms with E-state index in [-0.39, 0.29) is 12.5 Å². The van der Waals surface area contributed by atoms with Crippen molar-refractivity contribution in [3.05, 3.63) is 51.7 Å². The third-order valence-electron chi connectivity index (χ3n) is 4.12. The Kier molecular flexibility index (Phi) is 6.73. The molecule has 0 N–H and O–H groups in total. The predicted molar refractivity (Wildman–Crippen MR) is 110 cm³/mol. The van der Waals surface area contributed by atoms with Crippen LogP contribution in [0.15, 0.2) is 35.7 Å². The molecule has 0 bridgehead atoms. The number of hydrogen-bond donors (Lipinski definition) is 0. The molecular formula is C19H23NO2S3. The van der Waals surface area contributed by atoms with Crippen molar-refractivity contribution in [1.82, 2.24) is 4.90 Å². The SMILES string of the molecule is Cc1ccsc1CN(C)C(=O)COc1ccc(C2SCCCS2)cc1. The monoisotopic (exact) mass is 393 g/mol. The number of aryl methyl sites for hydroxylation is 1. The minimum absolute atomic E-state index is 0.00438. The van der Waals surface area contributed by atoms with Gasteiger partial charge in [0.15, 0.2) is 6.61 Å². The van der Waals surface area contributed by atoms with E-state index in [2.05, 4.69) is 30.5 Å². The molecule has 0 aliphatic carbocycles. The molecule has 0 radical (unpaired) electrons. The first-order valence-corrected chi connectivity index (χ1v) is 11.3. The highest BCUT2D eigenvalue weighted by Crippen LogP contribution is 2.43. The van der Waals surface area contributed by atoms with Gasteiger partial charge in [-0.2, -0.15) is 0 Å². The summed E-state index contributed by atoms with van der Waals surface area (Å²) < 4.78 is 6.21. The van der Waals surface area contributed by atoms with E-state index in [1.54, 1.807) is 16.2 Å². The Morgan fingerprint density at radius 2 is 1.92 bits per heavy atom.